The van der Waals surface area contributed by atoms with E-state index >= 15 is 0 Å². The van der Waals surface area contributed by atoms with Gasteiger partial charge in [-0.3, -0.25) is 0 Å². The molecule has 0 saturated carbocycles. The molecule has 104 valence electrons. The minimum Gasteiger partial charge on any atom is -0.444 e. The second kappa shape index (κ2) is 7.24. The van der Waals surface area contributed by atoms with Crippen molar-refractivity contribution in [1.82, 2.24) is 5.32 Å². The minimum absolute atomic E-state index is 0.394. The fourth-order valence-electron chi connectivity index (χ4n) is 1.37. The topological polar surface area (TPSA) is 38.3 Å². The molecule has 1 aromatic carbocycles. The maximum atomic E-state index is 11.4. The Hall–Kier alpha value is -1.42. The van der Waals surface area contributed by atoms with Crippen LogP contribution in [-0.4, -0.2) is 24.5 Å². The van der Waals surface area contributed by atoms with Crippen LogP contribution in [0.5, 0.6) is 0 Å². The molecule has 0 bridgehead atoms. The molecule has 0 aromatic heterocycles. The van der Waals surface area contributed by atoms with Crippen molar-refractivity contribution in [2.24, 2.45) is 0 Å². The first kappa shape index (κ1) is 15.6. The van der Waals surface area contributed by atoms with E-state index in [1.54, 1.807) is 11.8 Å². The molecule has 0 saturated heterocycles. The summed E-state index contributed by atoms with van der Waals surface area (Å²) in [6.45, 7) is 5.99. The van der Waals surface area contributed by atoms with Crippen LogP contribution in [0.1, 0.15) is 26.3 Å². The fourth-order valence-corrected chi connectivity index (χ4v) is 1.77. The number of hydrogen-bond donors (Lipinski definition) is 1. The molecule has 0 unspecified atom stereocenters. The van der Waals surface area contributed by atoms with E-state index in [9.17, 15) is 4.79 Å². The summed E-state index contributed by atoms with van der Waals surface area (Å²) < 4.78 is 5.13. The average molecular weight is 279 g/mol. The molecule has 0 radical (unpaired) electrons. The zero-order valence-corrected chi connectivity index (χ0v) is 12.7. The number of carbonyl (C=O) groups is 1. The highest BCUT2D eigenvalue weighted by Crippen LogP contribution is 2.15. The van der Waals surface area contributed by atoms with Crippen LogP contribution in [0, 0.1) is 0 Å². The van der Waals surface area contributed by atoms with E-state index in [0.717, 1.165) is 5.56 Å². The smallest absolute Gasteiger partial charge is 0.407 e. The van der Waals surface area contributed by atoms with E-state index in [-0.39, 0.29) is 0 Å². The van der Waals surface area contributed by atoms with Crippen LogP contribution in [0.4, 0.5) is 4.79 Å². The second-order valence-electron chi connectivity index (χ2n) is 5.06. The Bertz CT molecular complexity index is 432. The number of hydrogen-bond acceptors (Lipinski definition) is 3. The van der Waals surface area contributed by atoms with Gasteiger partial charge in [-0.05, 0) is 44.7 Å². The number of ether oxygens (including phenoxy) is 1. The van der Waals surface area contributed by atoms with Gasteiger partial charge in [-0.25, -0.2) is 4.79 Å². The van der Waals surface area contributed by atoms with E-state index in [2.05, 4.69) is 35.8 Å². The second-order valence-corrected chi connectivity index (χ2v) is 5.94. The van der Waals surface area contributed by atoms with Gasteiger partial charge >= 0.3 is 6.09 Å². The Balaban J connectivity index is 2.35. The van der Waals surface area contributed by atoms with Crippen LogP contribution in [0.25, 0.3) is 6.08 Å². The van der Waals surface area contributed by atoms with Crippen LogP contribution in [0.15, 0.2) is 35.2 Å². The molecule has 1 aromatic rings. The molecule has 4 heteroatoms. The van der Waals surface area contributed by atoms with E-state index < -0.39 is 11.7 Å². The van der Waals surface area contributed by atoms with Gasteiger partial charge in [0.05, 0.1) is 0 Å². The lowest BCUT2D eigenvalue weighted by Gasteiger charge is -2.19. The molecule has 3 nitrogen and oxygen atoms in total. The maximum absolute atomic E-state index is 11.4. The Morgan fingerprint density at radius 3 is 2.47 bits per heavy atom. The van der Waals surface area contributed by atoms with Gasteiger partial charge in [0.25, 0.3) is 0 Å². The standard InChI is InChI=1S/C15H21NO2S/c1-15(2,3)18-14(17)16-11-5-6-12-7-9-13(19-4)10-8-12/h5-10H,11H2,1-4H3,(H,16,17). The number of thioether (sulfide) groups is 1. The van der Waals surface area contributed by atoms with Gasteiger partial charge in [0.1, 0.15) is 5.60 Å². The summed E-state index contributed by atoms with van der Waals surface area (Å²) in [5.41, 5.74) is 0.658. The van der Waals surface area contributed by atoms with Crippen molar-refractivity contribution in [3.05, 3.63) is 35.9 Å². The lowest BCUT2D eigenvalue weighted by atomic mass is 10.2. The van der Waals surface area contributed by atoms with E-state index in [4.69, 9.17) is 4.74 Å². The van der Waals surface area contributed by atoms with Crippen LogP contribution >= 0.6 is 11.8 Å². The summed E-state index contributed by atoms with van der Waals surface area (Å²) in [6, 6.07) is 8.25. The zero-order valence-electron chi connectivity index (χ0n) is 11.9. The van der Waals surface area contributed by atoms with E-state index in [1.165, 1.54) is 4.90 Å². The molecule has 0 atom stereocenters. The summed E-state index contributed by atoms with van der Waals surface area (Å²) in [7, 11) is 0. The quantitative estimate of drug-likeness (QED) is 0.848. The molecule has 0 spiro atoms. The van der Waals surface area contributed by atoms with Crippen molar-refractivity contribution in [2.45, 2.75) is 31.3 Å². The SMILES string of the molecule is CSc1ccc(C=CCNC(=O)OC(C)(C)C)cc1. The maximum Gasteiger partial charge on any atom is 0.407 e. The van der Waals surface area contributed by atoms with Gasteiger partial charge < -0.3 is 10.1 Å². The van der Waals surface area contributed by atoms with Gasteiger partial charge in [0.15, 0.2) is 0 Å². The Morgan fingerprint density at radius 1 is 1.32 bits per heavy atom. The lowest BCUT2D eigenvalue weighted by molar-refractivity contribution is 0.0534. The third-order valence-electron chi connectivity index (χ3n) is 2.19. The predicted octanol–water partition coefficient (Wildman–Crippen LogP) is 3.95. The van der Waals surface area contributed by atoms with E-state index in [1.807, 2.05) is 32.9 Å². The minimum atomic E-state index is -0.457. The van der Waals surface area contributed by atoms with Crippen molar-refractivity contribution < 1.29 is 9.53 Å². The first-order valence-electron chi connectivity index (χ1n) is 6.18. The van der Waals surface area contributed by atoms with Crippen LogP contribution in [0.3, 0.4) is 0 Å². The molecule has 0 fully saturated rings. The first-order valence-corrected chi connectivity index (χ1v) is 7.40. The summed E-state index contributed by atoms with van der Waals surface area (Å²) in [4.78, 5) is 12.6. The van der Waals surface area contributed by atoms with Crippen molar-refractivity contribution in [2.75, 3.05) is 12.8 Å². The number of alkyl carbamates (subject to hydrolysis) is 1. The highest BCUT2D eigenvalue weighted by Gasteiger charge is 2.14. The van der Waals surface area contributed by atoms with Crippen LogP contribution in [0.2, 0.25) is 0 Å². The highest BCUT2D eigenvalue weighted by molar-refractivity contribution is 7.98. The first-order chi connectivity index (χ1) is 8.90. The van der Waals surface area contributed by atoms with Gasteiger partial charge in [-0.2, -0.15) is 0 Å². The summed E-state index contributed by atoms with van der Waals surface area (Å²) in [5, 5.41) is 2.68. The molecular weight excluding hydrogens is 258 g/mol. The molecule has 1 rings (SSSR count). The van der Waals surface area contributed by atoms with Gasteiger partial charge in [0, 0.05) is 11.4 Å². The summed E-state index contributed by atoms with van der Waals surface area (Å²) in [6.07, 6.45) is 5.53. The molecule has 0 aliphatic rings. The monoisotopic (exact) mass is 279 g/mol. The molecule has 19 heavy (non-hydrogen) atoms. The zero-order chi connectivity index (χ0) is 14.3. The van der Waals surface area contributed by atoms with Gasteiger partial charge in [0.2, 0.25) is 0 Å². The molecule has 0 aliphatic heterocycles. The fraction of sp³-hybridized carbons (Fsp3) is 0.400. The van der Waals surface area contributed by atoms with Gasteiger partial charge in [-0.1, -0.05) is 24.3 Å². The molecule has 1 amide bonds. The molecule has 0 aliphatic carbocycles. The van der Waals surface area contributed by atoms with Crippen LogP contribution < -0.4 is 5.32 Å². The molecular formula is C15H21NO2S. The molecule has 1 N–H and O–H groups in total. The van der Waals surface area contributed by atoms with Crippen molar-refractivity contribution in [3.63, 3.8) is 0 Å². The number of rotatable bonds is 4. The van der Waals surface area contributed by atoms with Crippen molar-refractivity contribution in [3.8, 4) is 0 Å². The lowest BCUT2D eigenvalue weighted by Crippen LogP contribution is -2.32. The number of amides is 1. The normalized spacial score (nSPS) is 11.6. The Kier molecular flexibility index (Phi) is 5.96. The molecule has 0 heterocycles. The van der Waals surface area contributed by atoms with E-state index in [0.29, 0.717) is 6.54 Å². The van der Waals surface area contributed by atoms with Gasteiger partial charge in [-0.15, -0.1) is 11.8 Å². The number of benzene rings is 1. The Labute approximate surface area is 119 Å². The average Bonchev–Trinajstić information content (AvgIpc) is 2.33. The predicted molar refractivity (Wildman–Crippen MR) is 81.5 cm³/mol. The number of carbonyl (C=O) groups excluding carboxylic acids is 1. The largest absolute Gasteiger partial charge is 0.444 e. The summed E-state index contributed by atoms with van der Waals surface area (Å²) >= 11 is 1.72. The summed E-state index contributed by atoms with van der Waals surface area (Å²) in [5.74, 6) is 0. The highest BCUT2D eigenvalue weighted by atomic mass is 32.2. The third-order valence-corrected chi connectivity index (χ3v) is 2.93. The van der Waals surface area contributed by atoms with Crippen LogP contribution in [-0.2, 0) is 4.74 Å². The van der Waals surface area contributed by atoms with Crippen molar-refractivity contribution >= 4 is 23.9 Å². The third kappa shape index (κ3) is 6.91. The van der Waals surface area contributed by atoms with Crippen molar-refractivity contribution in [1.29, 1.82) is 0 Å². The number of nitrogens with one attached hydrogen (secondary N) is 1. The Morgan fingerprint density at radius 2 is 1.95 bits per heavy atom.